The molecule has 0 spiro atoms. The molecular weight excluding hydrogens is 1130 g/mol. The highest BCUT2D eigenvalue weighted by Crippen LogP contribution is 2.27. The minimum Gasteiger partial charge on any atom is -0.508 e. The van der Waals surface area contributed by atoms with Crippen LogP contribution in [0.2, 0.25) is 0 Å². The van der Waals surface area contributed by atoms with Crippen LogP contribution in [0.3, 0.4) is 0 Å². The Morgan fingerprint density at radius 2 is 1.11 bits per heavy atom. The number of benzene rings is 2. The van der Waals surface area contributed by atoms with E-state index in [9.17, 15) is 72.9 Å². The summed E-state index contributed by atoms with van der Waals surface area (Å²) in [5.74, 6) is -11.6. The third-order valence-corrected chi connectivity index (χ3v) is 15.2. The van der Waals surface area contributed by atoms with E-state index >= 15 is 0 Å². The quantitative estimate of drug-likeness (QED) is 0.0300. The van der Waals surface area contributed by atoms with Crippen molar-refractivity contribution in [1.82, 2.24) is 52.3 Å². The number of phenolic OH excluding ortho intramolecular Hbond substituents is 1. The Morgan fingerprint density at radius 1 is 0.575 bits per heavy atom. The van der Waals surface area contributed by atoms with Gasteiger partial charge in [-0.25, -0.2) is 0 Å². The number of aliphatic hydroxyl groups excluding tert-OH is 1. The van der Waals surface area contributed by atoms with E-state index in [0.717, 1.165) is 0 Å². The minimum atomic E-state index is -1.83. The molecule has 2 aliphatic rings. The number of aliphatic hydroxyl groups is 1. The molecule has 2 aliphatic heterocycles. The highest BCUT2D eigenvalue weighted by Gasteiger charge is 2.46. The van der Waals surface area contributed by atoms with Crippen LogP contribution in [0.5, 0.6) is 5.75 Å². The van der Waals surface area contributed by atoms with Gasteiger partial charge in [-0.1, -0.05) is 62.7 Å². The minimum absolute atomic E-state index is 0.0263. The molecule has 29 heteroatoms. The topological polar surface area (TPSA) is 467 Å². The lowest BCUT2D eigenvalue weighted by Gasteiger charge is -2.34. The Kier molecular flexibility index (Phi) is 29.5. The second-order valence-electron chi connectivity index (χ2n) is 21.9. The first kappa shape index (κ1) is 71.2. The molecule has 4 rings (SSSR count). The molecule has 480 valence electrons. The van der Waals surface area contributed by atoms with Gasteiger partial charge in [0, 0.05) is 19.5 Å². The van der Waals surface area contributed by atoms with Gasteiger partial charge >= 0.3 is 11.9 Å². The molecule has 2 heterocycles. The van der Waals surface area contributed by atoms with E-state index in [1.165, 1.54) is 28.9 Å². The maximum absolute atomic E-state index is 14.6. The van der Waals surface area contributed by atoms with Crippen LogP contribution in [-0.4, -0.2) is 201 Å². The van der Waals surface area contributed by atoms with Gasteiger partial charge in [-0.2, -0.15) is 0 Å². The third kappa shape index (κ3) is 22.8. The number of nitrogens with two attached hydrogens (primary N) is 3. The normalized spacial score (nSPS) is 17.7. The molecule has 0 unspecified atom stereocenters. The Labute approximate surface area is 504 Å². The standard InChI is InChI=1S/C58H87N13O16/c1-4-33(2)48(56(85)65-39(16-8-10-24-59)52(81)67-42(30-46(75)76)54(83)66-41(29-35-14-6-5-7-15-35)51(80)63-31-45(74)62-32-47(77)78)68-55(84)43-18-12-26-70(43)57(86)44-19-13-27-71(44)58(87)49(34(3)72)69-53(82)40(17-9-11-25-60)64-50(79)38(61)28-36-20-22-37(73)23-21-36/h5-7,14-15,20-23,33-34,38-44,48-49,72-73H,4,8-13,16-19,24-32,59-61H2,1-3H3,(H,62,74)(H,63,80)(H,64,79)(H,65,85)(H,66,83)(H,67,81)(H,68,84)(H,69,82)(H,75,76)(H,77,78)/t33-,34+,38-,39-,40-,41-,42-,43-,44-,48-,49-/m0/s1. The first-order chi connectivity index (χ1) is 41.4. The summed E-state index contributed by atoms with van der Waals surface area (Å²) >= 11 is 0. The van der Waals surface area contributed by atoms with Crippen molar-refractivity contribution in [1.29, 1.82) is 0 Å². The molecule has 2 aromatic rings. The lowest BCUT2D eigenvalue weighted by Crippen LogP contribution is -2.61. The van der Waals surface area contributed by atoms with E-state index in [1.807, 2.05) is 0 Å². The molecule has 18 N–H and O–H groups in total. The van der Waals surface area contributed by atoms with Crippen molar-refractivity contribution in [2.75, 3.05) is 39.3 Å². The van der Waals surface area contributed by atoms with Gasteiger partial charge in [0.05, 0.1) is 25.1 Å². The van der Waals surface area contributed by atoms with Crippen LogP contribution in [0.15, 0.2) is 54.6 Å². The molecule has 0 bridgehead atoms. The number of unbranched alkanes of at least 4 members (excludes halogenated alkanes) is 2. The van der Waals surface area contributed by atoms with Gasteiger partial charge in [0.1, 0.15) is 60.6 Å². The third-order valence-electron chi connectivity index (χ3n) is 15.2. The molecule has 0 saturated carbocycles. The first-order valence-corrected chi connectivity index (χ1v) is 29.5. The van der Waals surface area contributed by atoms with Crippen molar-refractivity contribution in [2.45, 2.75) is 171 Å². The number of hydrogen-bond donors (Lipinski definition) is 15. The summed E-state index contributed by atoms with van der Waals surface area (Å²) in [6.07, 6.45) is 0.458. The van der Waals surface area contributed by atoms with E-state index in [1.54, 1.807) is 56.3 Å². The lowest BCUT2D eigenvalue weighted by molar-refractivity contribution is -0.149. The summed E-state index contributed by atoms with van der Waals surface area (Å²) < 4.78 is 0. The van der Waals surface area contributed by atoms with Crippen LogP contribution >= 0.6 is 0 Å². The molecule has 11 atom stereocenters. The van der Waals surface area contributed by atoms with E-state index in [0.29, 0.717) is 56.2 Å². The van der Waals surface area contributed by atoms with E-state index in [2.05, 4.69) is 42.5 Å². The zero-order chi connectivity index (χ0) is 64.3. The van der Waals surface area contributed by atoms with Crippen LogP contribution < -0.4 is 59.7 Å². The van der Waals surface area contributed by atoms with Gasteiger partial charge in [-0.3, -0.25) is 57.5 Å². The zero-order valence-electron chi connectivity index (χ0n) is 49.5. The zero-order valence-corrected chi connectivity index (χ0v) is 49.5. The second-order valence-corrected chi connectivity index (χ2v) is 21.9. The Morgan fingerprint density at radius 3 is 1.69 bits per heavy atom. The Bertz CT molecular complexity index is 2680. The number of hydrogen-bond acceptors (Lipinski definition) is 17. The molecular formula is C58H87N13O16. The number of carbonyl (C=O) groups is 12. The van der Waals surface area contributed by atoms with Crippen molar-refractivity contribution in [3.8, 4) is 5.75 Å². The molecule has 2 fully saturated rings. The smallest absolute Gasteiger partial charge is 0.322 e. The molecule has 87 heavy (non-hydrogen) atoms. The number of rotatable bonds is 36. The van der Waals surface area contributed by atoms with Crippen LogP contribution in [0.4, 0.5) is 0 Å². The molecule has 29 nitrogen and oxygen atoms in total. The number of nitrogens with one attached hydrogen (secondary N) is 8. The van der Waals surface area contributed by atoms with Gasteiger partial charge in [0.15, 0.2) is 0 Å². The fourth-order valence-electron chi connectivity index (χ4n) is 10.1. The molecule has 0 aliphatic carbocycles. The number of aromatic hydroxyl groups is 1. The maximum Gasteiger partial charge on any atom is 0.322 e. The summed E-state index contributed by atoms with van der Waals surface area (Å²) in [7, 11) is 0. The van der Waals surface area contributed by atoms with Crippen molar-refractivity contribution >= 4 is 71.0 Å². The van der Waals surface area contributed by atoms with Crippen LogP contribution in [0.1, 0.15) is 109 Å². The first-order valence-electron chi connectivity index (χ1n) is 29.5. The van der Waals surface area contributed by atoms with Crippen LogP contribution in [-0.2, 0) is 70.4 Å². The van der Waals surface area contributed by atoms with Crippen LogP contribution in [0, 0.1) is 5.92 Å². The summed E-state index contributed by atoms with van der Waals surface area (Å²) in [5.41, 5.74) is 18.9. The number of carboxylic acids is 2. The predicted octanol–water partition coefficient (Wildman–Crippen LogP) is -3.13. The second kappa shape index (κ2) is 36.0. The van der Waals surface area contributed by atoms with Crippen molar-refractivity contribution in [3.05, 3.63) is 65.7 Å². The SMILES string of the molecule is CC[C@H](C)[C@H](NC(=O)[C@@H]1CCCN1C(=O)[C@@H]1CCCN1C(=O)[C@@H](NC(=O)[C@H](CCCCN)NC(=O)[C@@H](N)Cc1ccc(O)cc1)[C@@H](C)O)C(=O)N[C@@H](CCCCN)C(=O)N[C@@H](CC(=O)O)C(=O)N[C@@H](Cc1ccccc1)C(=O)NCC(=O)NCC(=O)O. The maximum atomic E-state index is 14.6. The largest absolute Gasteiger partial charge is 0.508 e. The predicted molar refractivity (Wildman–Crippen MR) is 314 cm³/mol. The Hall–Kier alpha value is -8.28. The number of carboxylic acid groups (broad SMARTS) is 2. The lowest BCUT2D eigenvalue weighted by atomic mass is 9.96. The molecule has 0 radical (unpaired) electrons. The monoisotopic (exact) mass is 1220 g/mol. The van der Waals surface area contributed by atoms with Gasteiger partial charge in [0.25, 0.3) is 0 Å². The van der Waals surface area contributed by atoms with Gasteiger partial charge in [-0.15, -0.1) is 0 Å². The summed E-state index contributed by atoms with van der Waals surface area (Å²) in [6.45, 7) is 3.98. The van der Waals surface area contributed by atoms with E-state index in [4.69, 9.17) is 22.3 Å². The summed E-state index contributed by atoms with van der Waals surface area (Å²) in [4.78, 5) is 164. The molecule has 0 aromatic heterocycles. The average Bonchev–Trinajstić information content (AvgIpc) is 2.71. The Balaban J connectivity index is 1.49. The fraction of sp³-hybridized carbons (Fsp3) is 0.586. The molecule has 2 aromatic carbocycles. The average molecular weight is 1220 g/mol. The number of phenols is 1. The van der Waals surface area contributed by atoms with Crippen molar-refractivity contribution in [3.63, 3.8) is 0 Å². The number of likely N-dealkylation sites (tertiary alicyclic amines) is 2. The van der Waals surface area contributed by atoms with E-state index < -0.39 is 157 Å². The molecule has 10 amide bonds. The van der Waals surface area contributed by atoms with E-state index in [-0.39, 0.29) is 70.3 Å². The highest BCUT2D eigenvalue weighted by molar-refractivity contribution is 5.99. The van der Waals surface area contributed by atoms with Gasteiger partial charge < -0.3 is 90.0 Å². The van der Waals surface area contributed by atoms with Gasteiger partial charge in [0.2, 0.25) is 59.1 Å². The number of nitrogens with zero attached hydrogens (tertiary/aromatic N) is 2. The summed E-state index contributed by atoms with van der Waals surface area (Å²) in [6, 6.07) is 2.27. The van der Waals surface area contributed by atoms with Gasteiger partial charge in [-0.05, 0) is 120 Å². The van der Waals surface area contributed by atoms with Crippen molar-refractivity contribution in [2.24, 2.45) is 23.1 Å². The van der Waals surface area contributed by atoms with Crippen LogP contribution in [0.25, 0.3) is 0 Å². The van der Waals surface area contributed by atoms with Crippen molar-refractivity contribution < 1.29 is 78.0 Å². The fourth-order valence-corrected chi connectivity index (χ4v) is 10.1. The number of carbonyl (C=O) groups excluding carboxylic acids is 10. The highest BCUT2D eigenvalue weighted by atomic mass is 16.4. The molecule has 2 saturated heterocycles. The number of aliphatic carboxylic acids is 2. The number of amides is 10. The summed E-state index contributed by atoms with van der Waals surface area (Å²) in [5, 5.41) is 59.3.